The number of fused-ring (bicyclic) bond motifs is 2. The molecule has 2 aromatic rings. The van der Waals surface area contributed by atoms with Crippen LogP contribution in [-0.2, 0) is 16.1 Å². The molecule has 2 aromatic heterocycles. The molecule has 4 rings (SSSR count). The Kier molecular flexibility index (Phi) is 4.67. The second-order valence-corrected chi connectivity index (χ2v) is 6.27. The Hall–Kier alpha value is -2.38. The van der Waals surface area contributed by atoms with Gasteiger partial charge in [0.2, 0.25) is 0 Å². The molecule has 1 saturated carbocycles. The van der Waals surface area contributed by atoms with Gasteiger partial charge in [0.05, 0.1) is 31.6 Å². The first-order valence-electron chi connectivity index (χ1n) is 8.52. The second kappa shape index (κ2) is 7.25. The molecule has 130 valence electrons. The van der Waals surface area contributed by atoms with Crippen molar-refractivity contribution in [3.05, 3.63) is 54.4 Å². The number of carbonyl (C=O) groups is 1. The van der Waals surface area contributed by atoms with Crippen molar-refractivity contribution < 1.29 is 14.3 Å². The number of nitrogens with zero attached hydrogens (tertiary/aromatic N) is 4. The van der Waals surface area contributed by atoms with Gasteiger partial charge in [0, 0.05) is 31.3 Å². The van der Waals surface area contributed by atoms with E-state index in [1.165, 1.54) is 12.4 Å². The van der Waals surface area contributed by atoms with Crippen molar-refractivity contribution in [2.24, 2.45) is 0 Å². The van der Waals surface area contributed by atoms with Crippen LogP contribution in [0, 0.1) is 0 Å². The van der Waals surface area contributed by atoms with Gasteiger partial charge in [-0.1, -0.05) is 0 Å². The van der Waals surface area contributed by atoms with Crippen LogP contribution in [0.15, 0.2) is 43.1 Å². The highest BCUT2D eigenvalue weighted by Gasteiger charge is 2.45. The number of amides is 1. The molecule has 3 unspecified atom stereocenters. The van der Waals surface area contributed by atoms with Gasteiger partial charge in [-0.3, -0.25) is 14.8 Å². The third kappa shape index (κ3) is 3.38. The normalized spacial score (nSPS) is 25.6. The summed E-state index contributed by atoms with van der Waals surface area (Å²) in [7, 11) is 0. The molecule has 3 heterocycles. The van der Waals surface area contributed by atoms with Crippen molar-refractivity contribution in [3.63, 3.8) is 0 Å². The molecule has 3 atom stereocenters. The zero-order valence-electron chi connectivity index (χ0n) is 13.8. The maximum Gasteiger partial charge on any atom is 0.274 e. The predicted octanol–water partition coefficient (Wildman–Crippen LogP) is 1.46. The maximum atomic E-state index is 12.9. The largest absolute Gasteiger partial charge is 0.374 e. The minimum atomic E-state index is -0.128. The number of hydrogen-bond donors (Lipinski definition) is 0. The van der Waals surface area contributed by atoms with E-state index in [1.807, 2.05) is 17.0 Å². The fourth-order valence-electron chi connectivity index (χ4n) is 3.59. The Bertz CT molecular complexity index is 713. The zero-order valence-corrected chi connectivity index (χ0v) is 13.8. The summed E-state index contributed by atoms with van der Waals surface area (Å²) in [6.07, 6.45) is 9.79. The fourth-order valence-corrected chi connectivity index (χ4v) is 3.59. The van der Waals surface area contributed by atoms with Gasteiger partial charge in [0.15, 0.2) is 0 Å². The number of ether oxygens (including phenoxy) is 2. The minimum Gasteiger partial charge on any atom is -0.374 e. The monoisotopic (exact) mass is 340 g/mol. The van der Waals surface area contributed by atoms with E-state index in [4.69, 9.17) is 9.47 Å². The highest BCUT2D eigenvalue weighted by molar-refractivity contribution is 5.92. The summed E-state index contributed by atoms with van der Waals surface area (Å²) in [6, 6.07) is 3.87. The van der Waals surface area contributed by atoms with E-state index in [9.17, 15) is 4.79 Å². The summed E-state index contributed by atoms with van der Waals surface area (Å²) in [6.45, 7) is 1.55. The van der Waals surface area contributed by atoms with Crippen LogP contribution in [0.2, 0.25) is 0 Å². The van der Waals surface area contributed by atoms with Crippen LogP contribution in [0.5, 0.6) is 0 Å². The summed E-state index contributed by atoms with van der Waals surface area (Å²) in [4.78, 5) is 26.9. The van der Waals surface area contributed by atoms with E-state index in [2.05, 4.69) is 15.0 Å². The molecular weight excluding hydrogens is 320 g/mol. The Balaban J connectivity index is 1.51. The van der Waals surface area contributed by atoms with E-state index in [0.29, 0.717) is 25.5 Å². The van der Waals surface area contributed by atoms with E-state index in [1.54, 1.807) is 18.6 Å². The van der Waals surface area contributed by atoms with Crippen LogP contribution in [-0.4, -0.2) is 57.2 Å². The first kappa shape index (κ1) is 16.1. The highest BCUT2D eigenvalue weighted by Crippen LogP contribution is 2.33. The smallest absolute Gasteiger partial charge is 0.274 e. The van der Waals surface area contributed by atoms with Gasteiger partial charge >= 0.3 is 0 Å². The molecule has 7 nitrogen and oxygen atoms in total. The third-order valence-electron chi connectivity index (χ3n) is 4.79. The number of hydrogen-bond acceptors (Lipinski definition) is 6. The Morgan fingerprint density at radius 2 is 2.08 bits per heavy atom. The summed E-state index contributed by atoms with van der Waals surface area (Å²) in [5.41, 5.74) is 1.42. The molecule has 1 amide bonds. The maximum absolute atomic E-state index is 12.9. The van der Waals surface area contributed by atoms with Gasteiger partial charge in [-0.05, 0) is 30.5 Å². The molecule has 0 radical (unpaired) electrons. The number of rotatable bonds is 4. The molecule has 0 N–H and O–H groups in total. The average Bonchev–Trinajstić information content (AvgIpc) is 2.96. The Labute approximate surface area is 146 Å². The Morgan fingerprint density at radius 3 is 2.88 bits per heavy atom. The molecule has 1 aliphatic carbocycles. The molecule has 2 bridgehead atoms. The van der Waals surface area contributed by atoms with Gasteiger partial charge in [-0.2, -0.15) is 0 Å². The molecule has 0 aromatic carbocycles. The standard InChI is InChI=1S/C18H20N4O3/c23-18(14-11-20-7-8-21-14)22-9-10-24-16-2-1-15(22)17(16)25-12-13-3-5-19-6-4-13/h3-8,11,15-17H,1-2,9-10,12H2. The van der Waals surface area contributed by atoms with Crippen LogP contribution in [0.1, 0.15) is 28.9 Å². The lowest BCUT2D eigenvalue weighted by atomic mass is 10.1. The molecule has 25 heavy (non-hydrogen) atoms. The van der Waals surface area contributed by atoms with Crippen LogP contribution in [0.4, 0.5) is 0 Å². The van der Waals surface area contributed by atoms with E-state index < -0.39 is 0 Å². The van der Waals surface area contributed by atoms with Crippen LogP contribution in [0.3, 0.4) is 0 Å². The predicted molar refractivity (Wildman–Crippen MR) is 88.6 cm³/mol. The Morgan fingerprint density at radius 1 is 1.20 bits per heavy atom. The third-order valence-corrected chi connectivity index (χ3v) is 4.79. The van der Waals surface area contributed by atoms with Crippen molar-refractivity contribution >= 4 is 5.91 Å². The van der Waals surface area contributed by atoms with Crippen molar-refractivity contribution in [1.82, 2.24) is 19.9 Å². The lowest BCUT2D eigenvalue weighted by molar-refractivity contribution is -0.0598. The molecule has 1 saturated heterocycles. The lowest BCUT2D eigenvalue weighted by Crippen LogP contribution is -2.46. The van der Waals surface area contributed by atoms with Crippen molar-refractivity contribution in [2.75, 3.05) is 13.2 Å². The number of pyridine rings is 1. The van der Waals surface area contributed by atoms with E-state index in [0.717, 1.165) is 18.4 Å². The lowest BCUT2D eigenvalue weighted by Gasteiger charge is -2.31. The van der Waals surface area contributed by atoms with E-state index in [-0.39, 0.29) is 24.2 Å². The first-order valence-corrected chi connectivity index (χ1v) is 8.52. The summed E-state index contributed by atoms with van der Waals surface area (Å²) >= 11 is 0. The molecule has 2 fully saturated rings. The van der Waals surface area contributed by atoms with Crippen molar-refractivity contribution in [3.8, 4) is 0 Å². The zero-order chi connectivity index (χ0) is 17.1. The van der Waals surface area contributed by atoms with E-state index >= 15 is 0 Å². The average molecular weight is 340 g/mol. The quantitative estimate of drug-likeness (QED) is 0.839. The second-order valence-electron chi connectivity index (χ2n) is 6.27. The van der Waals surface area contributed by atoms with Gasteiger partial charge in [-0.15, -0.1) is 0 Å². The van der Waals surface area contributed by atoms with Gasteiger partial charge in [-0.25, -0.2) is 4.98 Å². The van der Waals surface area contributed by atoms with Crippen LogP contribution in [0.25, 0.3) is 0 Å². The summed E-state index contributed by atoms with van der Waals surface area (Å²) in [5.74, 6) is -0.109. The molecule has 0 spiro atoms. The highest BCUT2D eigenvalue weighted by atomic mass is 16.5. The van der Waals surface area contributed by atoms with Crippen LogP contribution >= 0.6 is 0 Å². The molecule has 7 heteroatoms. The summed E-state index contributed by atoms with van der Waals surface area (Å²) < 4.78 is 12.1. The van der Waals surface area contributed by atoms with Crippen molar-refractivity contribution in [2.45, 2.75) is 37.7 Å². The summed E-state index contributed by atoms with van der Waals surface area (Å²) in [5, 5.41) is 0. The van der Waals surface area contributed by atoms with Gasteiger partial charge in [0.1, 0.15) is 11.8 Å². The minimum absolute atomic E-state index is 0.00356. The number of carbonyl (C=O) groups excluding carboxylic acids is 1. The topological polar surface area (TPSA) is 77.4 Å². The fraction of sp³-hybridized carbons (Fsp3) is 0.444. The van der Waals surface area contributed by atoms with Gasteiger partial charge < -0.3 is 14.4 Å². The molecular formula is C18H20N4O3. The first-order chi connectivity index (χ1) is 12.3. The molecule has 1 aliphatic heterocycles. The van der Waals surface area contributed by atoms with Crippen molar-refractivity contribution in [1.29, 1.82) is 0 Å². The van der Waals surface area contributed by atoms with Gasteiger partial charge in [0.25, 0.3) is 5.91 Å². The number of aromatic nitrogens is 3. The molecule has 2 aliphatic rings. The SMILES string of the molecule is O=C(c1cnccn1)N1CCOC2CCC1C2OCc1ccncc1. The van der Waals surface area contributed by atoms with Crippen LogP contribution < -0.4 is 0 Å².